The van der Waals surface area contributed by atoms with E-state index in [0.29, 0.717) is 11.6 Å². The number of carbonyl (C=O) groups is 1. The Morgan fingerprint density at radius 1 is 1.14 bits per heavy atom. The van der Waals surface area contributed by atoms with E-state index < -0.39 is 15.9 Å². The first-order chi connectivity index (χ1) is 13.7. The van der Waals surface area contributed by atoms with Crippen LogP contribution >= 0.6 is 11.6 Å². The van der Waals surface area contributed by atoms with Gasteiger partial charge in [0.1, 0.15) is 0 Å². The maximum Gasteiger partial charge on any atom is 0.276 e. The fourth-order valence-corrected chi connectivity index (χ4v) is 4.07. The predicted molar refractivity (Wildman–Crippen MR) is 114 cm³/mol. The van der Waals surface area contributed by atoms with Crippen molar-refractivity contribution in [1.82, 2.24) is 10.2 Å². The van der Waals surface area contributed by atoms with Crippen molar-refractivity contribution < 1.29 is 13.2 Å². The molecule has 7 nitrogen and oxygen atoms in total. The Labute approximate surface area is 174 Å². The quantitative estimate of drug-likeness (QED) is 0.517. The van der Waals surface area contributed by atoms with Gasteiger partial charge in [-0.05, 0) is 48.7 Å². The number of aromatic nitrogens is 2. The van der Waals surface area contributed by atoms with Crippen LogP contribution in [-0.2, 0) is 16.4 Å². The summed E-state index contributed by atoms with van der Waals surface area (Å²) in [6.07, 6.45) is 0.779. The van der Waals surface area contributed by atoms with Crippen molar-refractivity contribution in [1.29, 1.82) is 0 Å². The largest absolute Gasteiger partial charge is 0.321 e. The summed E-state index contributed by atoms with van der Waals surface area (Å²) >= 11 is 6.03. The smallest absolute Gasteiger partial charge is 0.276 e. The Morgan fingerprint density at radius 3 is 2.62 bits per heavy atom. The highest BCUT2D eigenvalue weighted by atomic mass is 35.5. The number of carbonyl (C=O) groups excluding carboxylic acids is 1. The molecule has 0 bridgehead atoms. The second-order valence-electron chi connectivity index (χ2n) is 6.94. The molecule has 1 amide bonds. The van der Waals surface area contributed by atoms with E-state index in [2.05, 4.69) is 34.1 Å². The van der Waals surface area contributed by atoms with E-state index in [1.807, 2.05) is 0 Å². The summed E-state index contributed by atoms with van der Waals surface area (Å²) in [6.45, 7) is 4.15. The van der Waals surface area contributed by atoms with Gasteiger partial charge in [-0.15, -0.1) is 0 Å². The molecule has 0 fully saturated rings. The molecule has 1 aromatic heterocycles. The highest BCUT2D eigenvalue weighted by molar-refractivity contribution is 7.92. The minimum absolute atomic E-state index is 0.00209. The average Bonchev–Trinajstić information content (AvgIpc) is 3.12. The van der Waals surface area contributed by atoms with Crippen LogP contribution in [0.5, 0.6) is 0 Å². The lowest BCUT2D eigenvalue weighted by Crippen LogP contribution is -2.15. The molecule has 0 unspecified atom stereocenters. The van der Waals surface area contributed by atoms with E-state index in [-0.39, 0.29) is 21.3 Å². The molecule has 0 radical (unpaired) electrons. The van der Waals surface area contributed by atoms with Crippen molar-refractivity contribution in [3.8, 4) is 0 Å². The number of para-hydroxylation sites is 1. The zero-order chi connectivity index (χ0) is 21.0. The van der Waals surface area contributed by atoms with E-state index in [1.165, 1.54) is 12.1 Å². The van der Waals surface area contributed by atoms with Crippen LogP contribution in [0, 0.1) is 5.92 Å². The molecule has 3 rings (SSSR count). The predicted octanol–water partition coefficient (Wildman–Crippen LogP) is 4.31. The molecular weight excluding hydrogens is 412 g/mol. The SMILES string of the molecule is CC(C)Cc1cc(C(=O)Nc2cccc(S(=O)(=O)Nc3ccccc3Cl)c2)n[nH]1. The molecule has 152 valence electrons. The van der Waals surface area contributed by atoms with Gasteiger partial charge < -0.3 is 5.32 Å². The third-order valence-corrected chi connectivity index (χ3v) is 5.70. The standard InChI is InChI=1S/C20H21ClN4O3S/c1-13(2)10-15-12-19(24-23-15)20(26)22-14-6-5-7-16(11-14)29(27,28)25-18-9-4-3-8-17(18)21/h3-9,11-13,25H,10H2,1-2H3,(H,22,26)(H,23,24). The molecule has 2 aromatic carbocycles. The number of nitrogens with zero attached hydrogens (tertiary/aromatic N) is 1. The van der Waals surface area contributed by atoms with Gasteiger partial charge in [-0.1, -0.05) is 43.6 Å². The summed E-state index contributed by atoms with van der Waals surface area (Å²) in [5, 5.41) is 9.82. The van der Waals surface area contributed by atoms with Gasteiger partial charge in [0.25, 0.3) is 15.9 Å². The molecule has 9 heteroatoms. The highest BCUT2D eigenvalue weighted by Crippen LogP contribution is 2.25. The van der Waals surface area contributed by atoms with Crippen LogP contribution in [0.3, 0.4) is 0 Å². The average molecular weight is 433 g/mol. The Hall–Kier alpha value is -2.84. The second kappa shape index (κ2) is 8.67. The van der Waals surface area contributed by atoms with Crippen molar-refractivity contribution >= 4 is 38.9 Å². The van der Waals surface area contributed by atoms with Crippen LogP contribution in [0.15, 0.2) is 59.5 Å². The van der Waals surface area contributed by atoms with Crippen LogP contribution in [0.4, 0.5) is 11.4 Å². The molecule has 0 spiro atoms. The number of nitrogens with one attached hydrogen (secondary N) is 3. The van der Waals surface area contributed by atoms with E-state index in [9.17, 15) is 13.2 Å². The zero-order valence-corrected chi connectivity index (χ0v) is 17.5. The van der Waals surface area contributed by atoms with Gasteiger partial charge >= 0.3 is 0 Å². The van der Waals surface area contributed by atoms with Crippen LogP contribution < -0.4 is 10.0 Å². The molecule has 3 aromatic rings. The number of hydrogen-bond donors (Lipinski definition) is 3. The van der Waals surface area contributed by atoms with E-state index in [1.54, 1.807) is 42.5 Å². The topological polar surface area (TPSA) is 104 Å². The number of amides is 1. The van der Waals surface area contributed by atoms with Gasteiger partial charge in [-0.25, -0.2) is 8.42 Å². The zero-order valence-electron chi connectivity index (χ0n) is 15.9. The normalized spacial score (nSPS) is 11.4. The van der Waals surface area contributed by atoms with Crippen molar-refractivity contribution in [2.45, 2.75) is 25.2 Å². The van der Waals surface area contributed by atoms with Crippen molar-refractivity contribution in [3.05, 3.63) is 71.0 Å². The van der Waals surface area contributed by atoms with Gasteiger partial charge in [-0.2, -0.15) is 5.10 Å². The number of H-pyrrole nitrogens is 1. The fourth-order valence-electron chi connectivity index (χ4n) is 2.71. The van der Waals surface area contributed by atoms with Crippen LogP contribution in [0.25, 0.3) is 0 Å². The monoisotopic (exact) mass is 432 g/mol. The maximum absolute atomic E-state index is 12.7. The van der Waals surface area contributed by atoms with Crippen molar-refractivity contribution in [2.75, 3.05) is 10.0 Å². The Kier molecular flexibility index (Phi) is 6.24. The summed E-state index contributed by atoms with van der Waals surface area (Å²) in [5.74, 6) is 0.00346. The van der Waals surface area contributed by atoms with E-state index in [0.717, 1.165) is 12.1 Å². The minimum Gasteiger partial charge on any atom is -0.321 e. The Balaban J connectivity index is 1.76. The van der Waals surface area contributed by atoms with Gasteiger partial charge in [0, 0.05) is 11.4 Å². The number of sulfonamides is 1. The second-order valence-corrected chi connectivity index (χ2v) is 9.03. The number of anilines is 2. The Morgan fingerprint density at radius 2 is 1.90 bits per heavy atom. The minimum atomic E-state index is -3.88. The molecule has 0 saturated heterocycles. The maximum atomic E-state index is 12.7. The molecule has 0 aliphatic carbocycles. The van der Waals surface area contributed by atoms with Crippen LogP contribution in [0.1, 0.15) is 30.0 Å². The lowest BCUT2D eigenvalue weighted by Gasteiger charge is -2.11. The molecule has 3 N–H and O–H groups in total. The van der Waals surface area contributed by atoms with Crippen molar-refractivity contribution in [3.63, 3.8) is 0 Å². The summed E-state index contributed by atoms with van der Waals surface area (Å²) in [7, 11) is -3.88. The molecule has 0 saturated carbocycles. The first-order valence-corrected chi connectivity index (χ1v) is 10.8. The molecule has 1 heterocycles. The molecule has 0 aliphatic heterocycles. The number of halogens is 1. The van der Waals surface area contributed by atoms with E-state index in [4.69, 9.17) is 11.6 Å². The number of rotatable bonds is 7. The summed E-state index contributed by atoms with van der Waals surface area (Å²) in [4.78, 5) is 12.4. The van der Waals surface area contributed by atoms with Crippen LogP contribution in [-0.4, -0.2) is 24.5 Å². The fraction of sp³-hybridized carbons (Fsp3) is 0.200. The number of aromatic amines is 1. The Bertz CT molecular complexity index is 1130. The molecule has 0 atom stereocenters. The third kappa shape index (κ3) is 5.36. The third-order valence-electron chi connectivity index (χ3n) is 4.01. The van der Waals surface area contributed by atoms with Gasteiger partial charge in [0.2, 0.25) is 0 Å². The molecule has 29 heavy (non-hydrogen) atoms. The summed E-state index contributed by atoms with van der Waals surface area (Å²) in [5.41, 5.74) is 1.72. The van der Waals surface area contributed by atoms with Gasteiger partial charge in [0.15, 0.2) is 5.69 Å². The summed E-state index contributed by atoms with van der Waals surface area (Å²) < 4.78 is 27.8. The highest BCUT2D eigenvalue weighted by Gasteiger charge is 2.17. The molecule has 0 aliphatic rings. The van der Waals surface area contributed by atoms with Crippen molar-refractivity contribution in [2.24, 2.45) is 5.92 Å². The number of benzene rings is 2. The lowest BCUT2D eigenvalue weighted by molar-refractivity contribution is 0.102. The van der Waals surface area contributed by atoms with Gasteiger partial charge in [-0.3, -0.25) is 14.6 Å². The number of hydrogen-bond acceptors (Lipinski definition) is 4. The lowest BCUT2D eigenvalue weighted by atomic mass is 10.1. The van der Waals surface area contributed by atoms with Crippen LogP contribution in [0.2, 0.25) is 5.02 Å². The first-order valence-electron chi connectivity index (χ1n) is 8.97. The summed E-state index contributed by atoms with van der Waals surface area (Å²) in [6, 6.07) is 14.2. The van der Waals surface area contributed by atoms with E-state index >= 15 is 0 Å². The first kappa shape index (κ1) is 20.9. The van der Waals surface area contributed by atoms with Gasteiger partial charge in [0.05, 0.1) is 15.6 Å². The molecular formula is C20H21ClN4O3S.